The summed E-state index contributed by atoms with van der Waals surface area (Å²) in [6.45, 7) is 4.91. The van der Waals surface area contributed by atoms with Crippen molar-refractivity contribution in [3.63, 3.8) is 0 Å². The first kappa shape index (κ1) is 20.8. The van der Waals surface area contributed by atoms with Gasteiger partial charge in [-0.2, -0.15) is 4.31 Å². The molecule has 0 spiro atoms. The van der Waals surface area contributed by atoms with Crippen LogP contribution in [0.4, 0.5) is 0 Å². The Kier molecular flexibility index (Phi) is 6.42. The number of benzene rings is 2. The molecule has 150 valence electrons. The summed E-state index contributed by atoms with van der Waals surface area (Å²) in [4.78, 5) is 14.7. The van der Waals surface area contributed by atoms with Gasteiger partial charge in [-0.15, -0.1) is 0 Å². The van der Waals surface area contributed by atoms with Gasteiger partial charge in [0.2, 0.25) is 10.0 Å². The fraction of sp³-hybridized carbons (Fsp3) is 0.350. The number of carbonyl (C=O) groups excluding carboxylic acids is 1. The second kappa shape index (κ2) is 8.63. The van der Waals surface area contributed by atoms with E-state index in [-0.39, 0.29) is 23.9 Å². The van der Waals surface area contributed by atoms with E-state index in [4.69, 9.17) is 4.74 Å². The van der Waals surface area contributed by atoms with E-state index in [0.29, 0.717) is 18.8 Å². The van der Waals surface area contributed by atoms with E-state index >= 15 is 0 Å². The van der Waals surface area contributed by atoms with Crippen LogP contribution < -0.4 is 4.74 Å². The molecule has 2 aromatic rings. The summed E-state index contributed by atoms with van der Waals surface area (Å²) in [6.07, 6.45) is -0.656. The smallest absolute Gasteiger partial charge is 0.263 e. The molecule has 0 bridgehead atoms. The van der Waals surface area contributed by atoms with Gasteiger partial charge in [0.1, 0.15) is 5.75 Å². The quantitative estimate of drug-likeness (QED) is 0.678. The van der Waals surface area contributed by atoms with Crippen LogP contribution in [0, 0.1) is 6.92 Å². The molecule has 1 fully saturated rings. The van der Waals surface area contributed by atoms with Crippen molar-refractivity contribution in [1.29, 1.82) is 0 Å². The van der Waals surface area contributed by atoms with Crippen molar-refractivity contribution < 1.29 is 17.9 Å². The van der Waals surface area contributed by atoms with Crippen LogP contribution in [-0.4, -0.2) is 55.8 Å². The summed E-state index contributed by atoms with van der Waals surface area (Å²) in [5.74, 6) is 0.459. The Morgan fingerprint density at radius 3 is 2.32 bits per heavy atom. The number of ether oxygens (including phenoxy) is 1. The van der Waals surface area contributed by atoms with Crippen LogP contribution in [0.2, 0.25) is 0 Å². The zero-order chi connectivity index (χ0) is 20.3. The van der Waals surface area contributed by atoms with E-state index in [0.717, 1.165) is 10.0 Å². The van der Waals surface area contributed by atoms with Crippen LogP contribution >= 0.6 is 15.9 Å². The van der Waals surface area contributed by atoms with Crippen molar-refractivity contribution in [2.45, 2.75) is 24.8 Å². The number of rotatable bonds is 5. The molecule has 0 N–H and O–H groups in total. The van der Waals surface area contributed by atoms with Gasteiger partial charge in [-0.05, 0) is 59.6 Å². The highest BCUT2D eigenvalue weighted by atomic mass is 79.9. The summed E-state index contributed by atoms with van der Waals surface area (Å²) in [5.41, 5.74) is 1.09. The molecule has 0 saturated carbocycles. The average Bonchev–Trinajstić information content (AvgIpc) is 2.70. The number of hydrogen-bond acceptors (Lipinski definition) is 4. The number of aryl methyl sites for hydroxylation is 1. The average molecular weight is 467 g/mol. The molecule has 6 nitrogen and oxygen atoms in total. The van der Waals surface area contributed by atoms with Gasteiger partial charge >= 0.3 is 0 Å². The molecule has 0 radical (unpaired) electrons. The third-order valence-electron chi connectivity index (χ3n) is 4.67. The van der Waals surface area contributed by atoms with E-state index in [2.05, 4.69) is 15.9 Å². The number of nitrogens with zero attached hydrogens (tertiary/aromatic N) is 2. The lowest BCUT2D eigenvalue weighted by Crippen LogP contribution is -2.53. The first-order valence-electron chi connectivity index (χ1n) is 9.06. The Morgan fingerprint density at radius 1 is 1.07 bits per heavy atom. The Hall–Kier alpha value is -1.90. The molecule has 0 aromatic heterocycles. The van der Waals surface area contributed by atoms with Crippen LogP contribution in [0.15, 0.2) is 57.9 Å². The highest BCUT2D eigenvalue weighted by Gasteiger charge is 2.32. The lowest BCUT2D eigenvalue weighted by molar-refractivity contribution is -0.139. The molecule has 1 heterocycles. The third kappa shape index (κ3) is 4.56. The molecule has 0 aliphatic carbocycles. The molecule has 1 amide bonds. The third-order valence-corrected chi connectivity index (χ3v) is 7.20. The maximum absolute atomic E-state index is 12.7. The predicted molar refractivity (Wildman–Crippen MR) is 111 cm³/mol. The fourth-order valence-corrected chi connectivity index (χ4v) is 5.12. The minimum Gasteiger partial charge on any atom is -0.480 e. The first-order valence-corrected chi connectivity index (χ1v) is 11.3. The molecular formula is C20H23BrN2O4S. The van der Waals surface area contributed by atoms with Crippen LogP contribution in [0.1, 0.15) is 12.5 Å². The molecule has 1 aliphatic heterocycles. The van der Waals surface area contributed by atoms with E-state index < -0.39 is 16.1 Å². The SMILES string of the molecule is Cc1ccc(O[C@H](C)C(=O)N2CCN(S(=O)(=O)c3ccccc3)CC2)c(Br)c1. The van der Waals surface area contributed by atoms with Gasteiger partial charge in [-0.25, -0.2) is 8.42 Å². The fourth-order valence-electron chi connectivity index (χ4n) is 3.09. The monoisotopic (exact) mass is 466 g/mol. The molecule has 8 heteroatoms. The normalized spacial score (nSPS) is 16.6. The van der Waals surface area contributed by atoms with E-state index in [9.17, 15) is 13.2 Å². The number of halogens is 1. The number of sulfonamides is 1. The second-order valence-electron chi connectivity index (χ2n) is 6.74. The molecular weight excluding hydrogens is 444 g/mol. The minimum absolute atomic E-state index is 0.149. The molecule has 1 saturated heterocycles. The Morgan fingerprint density at radius 2 is 1.71 bits per heavy atom. The van der Waals surface area contributed by atoms with Crippen molar-refractivity contribution in [2.24, 2.45) is 0 Å². The molecule has 1 atom stereocenters. The van der Waals surface area contributed by atoms with Crippen molar-refractivity contribution >= 4 is 31.9 Å². The summed E-state index contributed by atoms with van der Waals surface area (Å²) < 4.78 is 33.4. The lowest BCUT2D eigenvalue weighted by Gasteiger charge is -2.35. The highest BCUT2D eigenvalue weighted by Crippen LogP contribution is 2.27. The number of carbonyl (C=O) groups is 1. The van der Waals surface area contributed by atoms with Crippen LogP contribution in [0.25, 0.3) is 0 Å². The summed E-state index contributed by atoms with van der Waals surface area (Å²) in [6, 6.07) is 14.0. The highest BCUT2D eigenvalue weighted by molar-refractivity contribution is 9.10. The topological polar surface area (TPSA) is 66.9 Å². The van der Waals surface area contributed by atoms with Gasteiger partial charge in [-0.1, -0.05) is 24.3 Å². The van der Waals surface area contributed by atoms with Crippen molar-refractivity contribution in [3.8, 4) is 5.75 Å². The van der Waals surface area contributed by atoms with Crippen molar-refractivity contribution in [1.82, 2.24) is 9.21 Å². The molecule has 2 aromatic carbocycles. The largest absolute Gasteiger partial charge is 0.480 e. The van der Waals surface area contributed by atoms with Crippen LogP contribution in [0.5, 0.6) is 5.75 Å². The molecule has 28 heavy (non-hydrogen) atoms. The van der Waals surface area contributed by atoms with Gasteiger partial charge in [0.25, 0.3) is 5.91 Å². The summed E-state index contributed by atoms with van der Waals surface area (Å²) in [7, 11) is -3.53. The van der Waals surface area contributed by atoms with Gasteiger partial charge in [0.15, 0.2) is 6.10 Å². The molecule has 3 rings (SSSR count). The van der Waals surface area contributed by atoms with E-state index in [1.807, 2.05) is 25.1 Å². The standard InChI is InChI=1S/C20H23BrN2O4S/c1-15-8-9-19(18(21)14-15)27-16(2)20(24)22-10-12-23(13-11-22)28(25,26)17-6-4-3-5-7-17/h3-9,14,16H,10-13H2,1-2H3/t16-/m1/s1. The summed E-state index contributed by atoms with van der Waals surface area (Å²) >= 11 is 3.45. The van der Waals surface area contributed by atoms with Gasteiger partial charge in [0, 0.05) is 26.2 Å². The van der Waals surface area contributed by atoms with Crippen LogP contribution in [0.3, 0.4) is 0 Å². The van der Waals surface area contributed by atoms with Gasteiger partial charge in [0.05, 0.1) is 9.37 Å². The van der Waals surface area contributed by atoms with Crippen LogP contribution in [-0.2, 0) is 14.8 Å². The Balaban J connectivity index is 1.60. The maximum Gasteiger partial charge on any atom is 0.263 e. The Labute approximate surface area is 174 Å². The van der Waals surface area contributed by atoms with Gasteiger partial charge < -0.3 is 9.64 Å². The lowest BCUT2D eigenvalue weighted by atomic mass is 10.2. The van der Waals surface area contributed by atoms with Crippen molar-refractivity contribution in [3.05, 3.63) is 58.6 Å². The zero-order valence-corrected chi connectivity index (χ0v) is 18.2. The number of hydrogen-bond donors (Lipinski definition) is 0. The first-order chi connectivity index (χ1) is 13.3. The Bertz CT molecular complexity index is 942. The van der Waals surface area contributed by atoms with E-state index in [1.54, 1.807) is 42.2 Å². The maximum atomic E-state index is 12.7. The van der Waals surface area contributed by atoms with E-state index in [1.165, 1.54) is 4.31 Å². The zero-order valence-electron chi connectivity index (χ0n) is 15.8. The molecule has 0 unspecified atom stereocenters. The summed E-state index contributed by atoms with van der Waals surface area (Å²) in [5, 5.41) is 0. The minimum atomic E-state index is -3.53. The predicted octanol–water partition coefficient (Wildman–Crippen LogP) is 3.06. The van der Waals surface area contributed by atoms with Gasteiger partial charge in [-0.3, -0.25) is 4.79 Å². The second-order valence-corrected chi connectivity index (χ2v) is 9.53. The molecule has 1 aliphatic rings. The van der Waals surface area contributed by atoms with Crippen molar-refractivity contribution in [2.75, 3.05) is 26.2 Å². The number of amides is 1. The number of piperazine rings is 1.